The number of rotatable bonds is 6. The molecule has 0 unspecified atom stereocenters. The molecule has 1 aliphatic rings. The van der Waals surface area contributed by atoms with Crippen LogP contribution in [0, 0.1) is 6.92 Å². The quantitative estimate of drug-likeness (QED) is 0.854. The monoisotopic (exact) mass is 301 g/mol. The van der Waals surface area contributed by atoms with Crippen molar-refractivity contribution in [2.24, 2.45) is 0 Å². The van der Waals surface area contributed by atoms with Crippen LogP contribution in [0.1, 0.15) is 17.5 Å². The molecule has 0 spiro atoms. The molecule has 22 heavy (non-hydrogen) atoms. The van der Waals surface area contributed by atoms with Gasteiger partial charge in [0.1, 0.15) is 0 Å². The summed E-state index contributed by atoms with van der Waals surface area (Å²) in [6.07, 6.45) is 4.21. The fourth-order valence-electron chi connectivity index (χ4n) is 3.32. The normalized spacial score (nSPS) is 16.5. The van der Waals surface area contributed by atoms with Gasteiger partial charge in [-0.25, -0.2) is 0 Å². The molecule has 2 aromatic rings. The lowest BCUT2D eigenvalue weighted by Crippen LogP contribution is -2.44. The van der Waals surface area contributed by atoms with Crippen LogP contribution in [0.3, 0.4) is 0 Å². The Morgan fingerprint density at radius 1 is 1.18 bits per heavy atom. The molecular formula is C18H27N3O. The number of aryl methyl sites for hydroxylation is 2. The molecule has 1 aromatic heterocycles. The summed E-state index contributed by atoms with van der Waals surface area (Å²) in [5.74, 6) is 0. The molecule has 4 nitrogen and oxygen atoms in total. The van der Waals surface area contributed by atoms with Gasteiger partial charge in [0.15, 0.2) is 0 Å². The first-order chi connectivity index (χ1) is 10.8. The number of aliphatic hydroxyl groups excluding tert-OH is 1. The van der Waals surface area contributed by atoms with E-state index in [4.69, 9.17) is 5.11 Å². The highest BCUT2D eigenvalue weighted by Gasteiger charge is 2.12. The molecular weight excluding hydrogens is 274 g/mol. The second kappa shape index (κ2) is 7.27. The Hall–Kier alpha value is -1.36. The molecule has 0 saturated carbocycles. The maximum atomic E-state index is 9.10. The zero-order valence-electron chi connectivity index (χ0n) is 13.5. The van der Waals surface area contributed by atoms with Gasteiger partial charge in [-0.2, -0.15) is 0 Å². The van der Waals surface area contributed by atoms with E-state index in [1.807, 2.05) is 0 Å². The molecule has 0 radical (unpaired) electrons. The van der Waals surface area contributed by atoms with E-state index in [0.29, 0.717) is 0 Å². The van der Waals surface area contributed by atoms with E-state index in [-0.39, 0.29) is 6.61 Å². The van der Waals surface area contributed by atoms with Crippen LogP contribution in [0.15, 0.2) is 24.4 Å². The van der Waals surface area contributed by atoms with Crippen molar-refractivity contribution in [1.29, 1.82) is 0 Å². The van der Waals surface area contributed by atoms with Crippen LogP contribution in [0.25, 0.3) is 10.9 Å². The van der Waals surface area contributed by atoms with Crippen molar-refractivity contribution in [2.75, 3.05) is 39.3 Å². The number of nitrogens with zero attached hydrogens (tertiary/aromatic N) is 2. The standard InChI is InChI=1S/C18H27N3O/c1-15-3-4-18-17(13-15)16(14-21(18)8-2-12-22)5-9-20-10-6-19-7-11-20/h3-4,13-14,19,22H,2,5-12H2,1H3. The Morgan fingerprint density at radius 2 is 2.00 bits per heavy atom. The van der Waals surface area contributed by atoms with Crippen LogP contribution < -0.4 is 5.32 Å². The van der Waals surface area contributed by atoms with Gasteiger partial charge in [0.05, 0.1) is 0 Å². The first kappa shape index (κ1) is 15.5. The third-order valence-corrected chi connectivity index (χ3v) is 4.58. The van der Waals surface area contributed by atoms with Crippen molar-refractivity contribution in [1.82, 2.24) is 14.8 Å². The van der Waals surface area contributed by atoms with Gasteiger partial charge in [-0.1, -0.05) is 11.6 Å². The molecule has 4 heteroatoms. The van der Waals surface area contributed by atoms with Gasteiger partial charge in [-0.3, -0.25) is 0 Å². The Bertz CT molecular complexity index is 614. The molecule has 120 valence electrons. The maximum Gasteiger partial charge on any atom is 0.0483 e. The predicted octanol–water partition coefficient (Wildman–Crippen LogP) is 1.78. The van der Waals surface area contributed by atoms with E-state index in [1.54, 1.807) is 0 Å². The number of nitrogens with one attached hydrogen (secondary N) is 1. The Labute approximate surface area is 132 Å². The molecule has 1 aliphatic heterocycles. The van der Waals surface area contributed by atoms with Gasteiger partial charge < -0.3 is 19.9 Å². The van der Waals surface area contributed by atoms with Crippen molar-refractivity contribution < 1.29 is 5.11 Å². The van der Waals surface area contributed by atoms with E-state index < -0.39 is 0 Å². The largest absolute Gasteiger partial charge is 0.396 e. The lowest BCUT2D eigenvalue weighted by Gasteiger charge is -2.26. The topological polar surface area (TPSA) is 40.4 Å². The van der Waals surface area contributed by atoms with Crippen molar-refractivity contribution in [3.05, 3.63) is 35.5 Å². The smallest absolute Gasteiger partial charge is 0.0483 e. The lowest BCUT2D eigenvalue weighted by atomic mass is 10.1. The molecule has 0 amide bonds. The van der Waals surface area contributed by atoms with E-state index in [1.165, 1.54) is 22.0 Å². The molecule has 1 aromatic carbocycles. The first-order valence-corrected chi connectivity index (χ1v) is 8.40. The summed E-state index contributed by atoms with van der Waals surface area (Å²) in [6.45, 7) is 8.96. The molecule has 1 fully saturated rings. The molecule has 3 rings (SSSR count). The highest BCUT2D eigenvalue weighted by molar-refractivity contribution is 5.84. The van der Waals surface area contributed by atoms with E-state index >= 15 is 0 Å². The fraction of sp³-hybridized carbons (Fsp3) is 0.556. The minimum Gasteiger partial charge on any atom is -0.396 e. The van der Waals surface area contributed by atoms with Gasteiger partial charge in [-0.05, 0) is 37.5 Å². The molecule has 0 atom stereocenters. The Kier molecular flexibility index (Phi) is 5.13. The average molecular weight is 301 g/mol. The molecule has 2 N–H and O–H groups in total. The van der Waals surface area contributed by atoms with Crippen LogP contribution in [0.2, 0.25) is 0 Å². The van der Waals surface area contributed by atoms with E-state index in [2.05, 4.69) is 46.1 Å². The maximum absolute atomic E-state index is 9.10. The van der Waals surface area contributed by atoms with Crippen LogP contribution in [0.4, 0.5) is 0 Å². The SMILES string of the molecule is Cc1ccc2c(c1)c(CCN1CCNCC1)cn2CCCO. The van der Waals surface area contributed by atoms with Gasteiger partial charge in [0, 0.05) is 63.0 Å². The summed E-state index contributed by atoms with van der Waals surface area (Å²) in [5.41, 5.74) is 4.06. The number of hydrogen-bond donors (Lipinski definition) is 2. The molecule has 0 bridgehead atoms. The Morgan fingerprint density at radius 3 is 2.77 bits per heavy atom. The van der Waals surface area contributed by atoms with Crippen molar-refractivity contribution in [3.63, 3.8) is 0 Å². The molecule has 1 saturated heterocycles. The number of aliphatic hydroxyl groups is 1. The van der Waals surface area contributed by atoms with Crippen molar-refractivity contribution >= 4 is 10.9 Å². The highest BCUT2D eigenvalue weighted by atomic mass is 16.3. The summed E-state index contributed by atoms with van der Waals surface area (Å²) >= 11 is 0. The number of fused-ring (bicyclic) bond motifs is 1. The summed E-state index contributed by atoms with van der Waals surface area (Å²) in [6, 6.07) is 6.70. The van der Waals surface area contributed by atoms with Gasteiger partial charge in [0.25, 0.3) is 0 Å². The second-order valence-corrected chi connectivity index (χ2v) is 6.29. The second-order valence-electron chi connectivity index (χ2n) is 6.29. The first-order valence-electron chi connectivity index (χ1n) is 8.40. The van der Waals surface area contributed by atoms with E-state index in [9.17, 15) is 0 Å². The molecule has 2 heterocycles. The summed E-state index contributed by atoms with van der Waals surface area (Å²) in [4.78, 5) is 2.54. The average Bonchev–Trinajstić information content (AvgIpc) is 2.89. The van der Waals surface area contributed by atoms with Crippen molar-refractivity contribution in [3.8, 4) is 0 Å². The van der Waals surface area contributed by atoms with Gasteiger partial charge in [-0.15, -0.1) is 0 Å². The van der Waals surface area contributed by atoms with E-state index in [0.717, 1.165) is 52.1 Å². The van der Waals surface area contributed by atoms with Crippen molar-refractivity contribution in [2.45, 2.75) is 26.3 Å². The third kappa shape index (κ3) is 3.51. The van der Waals surface area contributed by atoms with Crippen LogP contribution in [0.5, 0.6) is 0 Å². The summed E-state index contributed by atoms with van der Waals surface area (Å²) < 4.78 is 2.30. The third-order valence-electron chi connectivity index (χ3n) is 4.58. The van der Waals surface area contributed by atoms with Gasteiger partial charge in [0.2, 0.25) is 0 Å². The number of piperazine rings is 1. The summed E-state index contributed by atoms with van der Waals surface area (Å²) in [5, 5.41) is 13.9. The number of aromatic nitrogens is 1. The zero-order valence-corrected chi connectivity index (χ0v) is 13.5. The summed E-state index contributed by atoms with van der Waals surface area (Å²) in [7, 11) is 0. The number of benzene rings is 1. The zero-order chi connectivity index (χ0) is 15.4. The fourth-order valence-corrected chi connectivity index (χ4v) is 3.32. The molecule has 0 aliphatic carbocycles. The minimum atomic E-state index is 0.252. The van der Waals surface area contributed by atoms with Crippen LogP contribution >= 0.6 is 0 Å². The van der Waals surface area contributed by atoms with Gasteiger partial charge >= 0.3 is 0 Å². The minimum absolute atomic E-state index is 0.252. The lowest BCUT2D eigenvalue weighted by molar-refractivity contribution is 0.244. The highest BCUT2D eigenvalue weighted by Crippen LogP contribution is 2.24. The van der Waals surface area contributed by atoms with Crippen LogP contribution in [-0.2, 0) is 13.0 Å². The predicted molar refractivity (Wildman–Crippen MR) is 91.4 cm³/mol. The van der Waals surface area contributed by atoms with Crippen LogP contribution in [-0.4, -0.2) is 53.9 Å². The number of hydrogen-bond acceptors (Lipinski definition) is 3. The Balaban J connectivity index is 1.79.